The lowest BCUT2D eigenvalue weighted by molar-refractivity contribution is 0.401. The molecule has 0 fully saturated rings. The lowest BCUT2D eigenvalue weighted by Gasteiger charge is -2.16. The highest BCUT2D eigenvalue weighted by Gasteiger charge is 2.08. The maximum atomic E-state index is 5.76. The molecule has 0 bridgehead atoms. The summed E-state index contributed by atoms with van der Waals surface area (Å²) in [5, 5.41) is 7.58. The fourth-order valence-corrected chi connectivity index (χ4v) is 1.91. The number of rotatable bonds is 7. The Labute approximate surface area is 98.2 Å². The van der Waals surface area contributed by atoms with Gasteiger partial charge in [0.15, 0.2) is 0 Å². The van der Waals surface area contributed by atoms with Crippen LogP contribution in [0.5, 0.6) is 0 Å². The minimum Gasteiger partial charge on any atom is -0.369 e. The normalized spacial score (nSPS) is 13.1. The molecule has 4 nitrogen and oxygen atoms in total. The van der Waals surface area contributed by atoms with Crippen molar-refractivity contribution in [3.05, 3.63) is 12.3 Å². The van der Waals surface area contributed by atoms with Crippen LogP contribution in [0.3, 0.4) is 0 Å². The first kappa shape index (κ1) is 13.0. The Balaban J connectivity index is 2.23. The zero-order valence-corrected chi connectivity index (χ0v) is 10.6. The summed E-state index contributed by atoms with van der Waals surface area (Å²) in [5.41, 5.74) is 5.76. The number of hydrogen-bond acceptors (Lipinski definition) is 3. The third-order valence-corrected chi connectivity index (χ3v) is 2.71. The molecular formula is C12H24N4. The van der Waals surface area contributed by atoms with Crippen LogP contribution in [0, 0.1) is 11.8 Å². The molecule has 0 saturated heterocycles. The van der Waals surface area contributed by atoms with Crippen molar-refractivity contribution in [2.45, 2.75) is 26.7 Å². The molecule has 0 aliphatic carbocycles. The number of hydrogen-bond donors (Lipinski definition) is 2. The van der Waals surface area contributed by atoms with Crippen molar-refractivity contribution in [1.29, 1.82) is 0 Å². The minimum absolute atomic E-state index is 0.621. The van der Waals surface area contributed by atoms with E-state index < -0.39 is 0 Å². The molecule has 0 aromatic carbocycles. The Hall–Kier alpha value is -1.03. The van der Waals surface area contributed by atoms with Crippen molar-refractivity contribution in [3.63, 3.8) is 0 Å². The van der Waals surface area contributed by atoms with Crippen LogP contribution in [-0.4, -0.2) is 22.9 Å². The first-order valence-corrected chi connectivity index (χ1v) is 6.05. The molecule has 0 aliphatic rings. The van der Waals surface area contributed by atoms with Gasteiger partial charge in [0.25, 0.3) is 0 Å². The molecule has 4 heteroatoms. The summed E-state index contributed by atoms with van der Waals surface area (Å²) in [6.45, 7) is 6.22. The van der Waals surface area contributed by atoms with Crippen LogP contribution < -0.4 is 11.1 Å². The Morgan fingerprint density at radius 2 is 2.25 bits per heavy atom. The molecule has 1 rings (SSSR count). The highest BCUT2D eigenvalue weighted by Crippen LogP contribution is 2.14. The van der Waals surface area contributed by atoms with E-state index >= 15 is 0 Å². The van der Waals surface area contributed by atoms with Crippen LogP contribution in [0.1, 0.15) is 26.7 Å². The molecule has 92 valence electrons. The van der Waals surface area contributed by atoms with E-state index in [2.05, 4.69) is 24.3 Å². The third-order valence-electron chi connectivity index (χ3n) is 2.71. The van der Waals surface area contributed by atoms with E-state index in [4.69, 9.17) is 5.73 Å². The fraction of sp³-hybridized carbons (Fsp3) is 0.750. The first-order chi connectivity index (χ1) is 7.61. The van der Waals surface area contributed by atoms with Gasteiger partial charge in [-0.2, -0.15) is 5.10 Å². The molecule has 0 saturated carbocycles. The Kier molecular flexibility index (Phi) is 5.32. The molecule has 1 atom stereocenters. The van der Waals surface area contributed by atoms with Crippen LogP contribution in [0.2, 0.25) is 0 Å². The number of nitrogens with one attached hydrogen (secondary N) is 1. The van der Waals surface area contributed by atoms with Crippen LogP contribution in [-0.2, 0) is 7.05 Å². The third kappa shape index (κ3) is 4.66. The summed E-state index contributed by atoms with van der Waals surface area (Å²) in [6.07, 6.45) is 4.27. The molecule has 0 amide bonds. The maximum absolute atomic E-state index is 5.76. The van der Waals surface area contributed by atoms with E-state index in [0.717, 1.165) is 31.2 Å². The predicted molar refractivity (Wildman–Crippen MR) is 68.3 cm³/mol. The van der Waals surface area contributed by atoms with Crippen molar-refractivity contribution in [1.82, 2.24) is 9.78 Å². The molecule has 16 heavy (non-hydrogen) atoms. The van der Waals surface area contributed by atoms with Crippen molar-refractivity contribution < 1.29 is 0 Å². The van der Waals surface area contributed by atoms with Crippen LogP contribution >= 0.6 is 0 Å². The highest BCUT2D eigenvalue weighted by atomic mass is 15.3. The fourth-order valence-electron chi connectivity index (χ4n) is 1.91. The van der Waals surface area contributed by atoms with Crippen molar-refractivity contribution >= 4 is 5.82 Å². The average molecular weight is 224 g/mol. The van der Waals surface area contributed by atoms with Crippen LogP contribution in [0.4, 0.5) is 5.82 Å². The van der Waals surface area contributed by atoms with Gasteiger partial charge in [0.2, 0.25) is 0 Å². The van der Waals surface area contributed by atoms with E-state index in [0.29, 0.717) is 5.92 Å². The second kappa shape index (κ2) is 6.53. The van der Waals surface area contributed by atoms with E-state index in [1.54, 1.807) is 4.68 Å². The standard InChI is InChI=1S/C12H24N4/c1-10(2)8-11(9-13)4-6-14-12-5-7-16(3)15-12/h5,7,10-11H,4,6,8-9,13H2,1-3H3,(H,14,15). The summed E-state index contributed by atoms with van der Waals surface area (Å²) >= 11 is 0. The van der Waals surface area contributed by atoms with Crippen LogP contribution in [0.25, 0.3) is 0 Å². The van der Waals surface area contributed by atoms with E-state index in [-0.39, 0.29) is 0 Å². The number of aryl methyl sites for hydroxylation is 1. The molecule has 1 unspecified atom stereocenters. The molecule has 1 aromatic rings. The van der Waals surface area contributed by atoms with Crippen molar-refractivity contribution in [2.24, 2.45) is 24.6 Å². The van der Waals surface area contributed by atoms with Gasteiger partial charge < -0.3 is 11.1 Å². The van der Waals surface area contributed by atoms with Crippen LogP contribution in [0.15, 0.2) is 12.3 Å². The van der Waals surface area contributed by atoms with E-state index in [1.807, 2.05) is 19.3 Å². The number of nitrogens with zero attached hydrogens (tertiary/aromatic N) is 2. The monoisotopic (exact) mass is 224 g/mol. The maximum Gasteiger partial charge on any atom is 0.147 e. The molecule has 0 aliphatic heterocycles. The summed E-state index contributed by atoms with van der Waals surface area (Å²) in [6, 6.07) is 1.99. The van der Waals surface area contributed by atoms with Gasteiger partial charge in [0, 0.05) is 25.9 Å². The Morgan fingerprint density at radius 3 is 2.75 bits per heavy atom. The topological polar surface area (TPSA) is 55.9 Å². The van der Waals surface area contributed by atoms with E-state index in [1.165, 1.54) is 6.42 Å². The molecular weight excluding hydrogens is 200 g/mol. The molecule has 1 aromatic heterocycles. The van der Waals surface area contributed by atoms with Gasteiger partial charge in [0.05, 0.1) is 0 Å². The van der Waals surface area contributed by atoms with Gasteiger partial charge in [-0.15, -0.1) is 0 Å². The van der Waals surface area contributed by atoms with Gasteiger partial charge in [0.1, 0.15) is 5.82 Å². The SMILES string of the molecule is CC(C)CC(CN)CCNc1ccn(C)n1. The van der Waals surface area contributed by atoms with Gasteiger partial charge in [-0.25, -0.2) is 0 Å². The average Bonchev–Trinajstić information content (AvgIpc) is 2.62. The number of nitrogens with two attached hydrogens (primary N) is 1. The number of anilines is 1. The summed E-state index contributed by atoms with van der Waals surface area (Å²) in [5.74, 6) is 2.29. The summed E-state index contributed by atoms with van der Waals surface area (Å²) in [7, 11) is 1.92. The quantitative estimate of drug-likeness (QED) is 0.743. The zero-order valence-electron chi connectivity index (χ0n) is 10.6. The number of aromatic nitrogens is 2. The molecule has 3 N–H and O–H groups in total. The second-order valence-corrected chi connectivity index (χ2v) is 4.82. The van der Waals surface area contributed by atoms with Gasteiger partial charge >= 0.3 is 0 Å². The summed E-state index contributed by atoms with van der Waals surface area (Å²) < 4.78 is 1.80. The highest BCUT2D eigenvalue weighted by molar-refractivity contribution is 5.31. The Morgan fingerprint density at radius 1 is 1.50 bits per heavy atom. The van der Waals surface area contributed by atoms with Crippen molar-refractivity contribution in [3.8, 4) is 0 Å². The predicted octanol–water partition coefficient (Wildman–Crippen LogP) is 1.84. The second-order valence-electron chi connectivity index (χ2n) is 4.82. The minimum atomic E-state index is 0.621. The first-order valence-electron chi connectivity index (χ1n) is 6.05. The van der Waals surface area contributed by atoms with Gasteiger partial charge in [-0.1, -0.05) is 13.8 Å². The smallest absolute Gasteiger partial charge is 0.147 e. The lowest BCUT2D eigenvalue weighted by atomic mass is 9.94. The molecule has 1 heterocycles. The lowest BCUT2D eigenvalue weighted by Crippen LogP contribution is -2.19. The molecule has 0 spiro atoms. The summed E-state index contributed by atoms with van der Waals surface area (Å²) in [4.78, 5) is 0. The molecule has 0 radical (unpaired) electrons. The Bertz CT molecular complexity index is 293. The van der Waals surface area contributed by atoms with Gasteiger partial charge in [-0.3, -0.25) is 4.68 Å². The largest absolute Gasteiger partial charge is 0.369 e. The van der Waals surface area contributed by atoms with Crippen molar-refractivity contribution in [2.75, 3.05) is 18.4 Å². The van der Waals surface area contributed by atoms with E-state index in [9.17, 15) is 0 Å². The zero-order chi connectivity index (χ0) is 12.0. The van der Waals surface area contributed by atoms with Gasteiger partial charge in [-0.05, 0) is 31.2 Å².